The Morgan fingerprint density at radius 2 is 1.78 bits per heavy atom. The van der Waals surface area contributed by atoms with Crippen LogP contribution in [0.25, 0.3) is 0 Å². The summed E-state index contributed by atoms with van der Waals surface area (Å²) in [4.78, 5) is 12.2. The second-order valence-electron chi connectivity index (χ2n) is 5.60. The second kappa shape index (κ2) is 8.00. The van der Waals surface area contributed by atoms with Crippen LogP contribution in [-0.4, -0.2) is 12.5 Å². The van der Waals surface area contributed by atoms with Crippen LogP contribution in [0.3, 0.4) is 0 Å². The zero-order valence-electron chi connectivity index (χ0n) is 13.3. The van der Waals surface area contributed by atoms with Crippen molar-refractivity contribution in [2.75, 3.05) is 6.61 Å². The molecule has 23 heavy (non-hydrogen) atoms. The van der Waals surface area contributed by atoms with E-state index in [1.165, 1.54) is 0 Å². The minimum Gasteiger partial charge on any atom is -0.482 e. The highest BCUT2D eigenvalue weighted by Gasteiger charge is 2.18. The molecule has 0 heterocycles. The summed E-state index contributed by atoms with van der Waals surface area (Å²) in [5.74, 6) is 0.471. The minimum absolute atomic E-state index is 0.0708. The third-order valence-electron chi connectivity index (χ3n) is 3.51. The molecule has 0 aliphatic rings. The number of hydrogen-bond acceptors (Lipinski definition) is 3. The van der Waals surface area contributed by atoms with Crippen molar-refractivity contribution in [3.8, 4) is 11.8 Å². The molecule has 4 nitrogen and oxygen atoms in total. The number of nitrogens with zero attached hydrogens (tertiary/aromatic N) is 1. The Labute approximate surface area is 136 Å². The van der Waals surface area contributed by atoms with Gasteiger partial charge in [-0.3, -0.25) is 4.79 Å². The summed E-state index contributed by atoms with van der Waals surface area (Å²) in [5, 5.41) is 12.0. The third kappa shape index (κ3) is 4.58. The number of amides is 1. The smallest absolute Gasteiger partial charge is 0.258 e. The number of nitrogens with one attached hydrogen (secondary N) is 1. The van der Waals surface area contributed by atoms with Crippen LogP contribution >= 0.6 is 0 Å². The number of ether oxygens (including phenoxy) is 1. The van der Waals surface area contributed by atoms with Gasteiger partial charge in [-0.05, 0) is 23.6 Å². The zero-order chi connectivity index (χ0) is 16.7. The fourth-order valence-corrected chi connectivity index (χ4v) is 2.34. The van der Waals surface area contributed by atoms with Gasteiger partial charge in [-0.15, -0.1) is 0 Å². The lowest BCUT2D eigenvalue weighted by molar-refractivity contribution is -0.124. The second-order valence-corrected chi connectivity index (χ2v) is 5.60. The average molecular weight is 308 g/mol. The third-order valence-corrected chi connectivity index (χ3v) is 3.51. The first kappa shape index (κ1) is 16.6. The molecule has 1 unspecified atom stereocenters. The van der Waals surface area contributed by atoms with E-state index >= 15 is 0 Å². The van der Waals surface area contributed by atoms with Gasteiger partial charge < -0.3 is 10.1 Å². The van der Waals surface area contributed by atoms with Crippen LogP contribution < -0.4 is 10.1 Å². The maximum absolute atomic E-state index is 12.2. The lowest BCUT2D eigenvalue weighted by Crippen LogP contribution is -2.35. The topological polar surface area (TPSA) is 62.1 Å². The number of benzene rings is 2. The van der Waals surface area contributed by atoms with E-state index in [0.29, 0.717) is 11.3 Å². The van der Waals surface area contributed by atoms with Gasteiger partial charge in [0.2, 0.25) is 0 Å². The molecule has 0 spiro atoms. The summed E-state index contributed by atoms with van der Waals surface area (Å²) in [6, 6.07) is 18.7. The van der Waals surface area contributed by atoms with Crippen molar-refractivity contribution in [2.45, 2.75) is 19.9 Å². The lowest BCUT2D eigenvalue weighted by atomic mass is 9.96. The Balaban J connectivity index is 1.99. The van der Waals surface area contributed by atoms with E-state index in [1.807, 2.05) is 36.4 Å². The van der Waals surface area contributed by atoms with Crippen LogP contribution in [0.1, 0.15) is 31.0 Å². The normalized spacial score (nSPS) is 11.6. The molecule has 118 valence electrons. The van der Waals surface area contributed by atoms with Gasteiger partial charge in [0.05, 0.1) is 11.6 Å². The minimum atomic E-state index is -0.208. The van der Waals surface area contributed by atoms with Crippen LogP contribution in [0.4, 0.5) is 0 Å². The molecular formula is C19H20N2O2. The molecule has 0 aromatic heterocycles. The Bertz CT molecular complexity index is 690. The highest BCUT2D eigenvalue weighted by molar-refractivity contribution is 5.78. The number of para-hydroxylation sites is 1. The molecule has 0 fully saturated rings. The van der Waals surface area contributed by atoms with Crippen LogP contribution in [0.2, 0.25) is 0 Å². The maximum atomic E-state index is 12.2. The van der Waals surface area contributed by atoms with Gasteiger partial charge >= 0.3 is 0 Å². The molecule has 2 aromatic rings. The monoisotopic (exact) mass is 308 g/mol. The summed E-state index contributed by atoms with van der Waals surface area (Å²) in [5.41, 5.74) is 1.48. The van der Waals surface area contributed by atoms with E-state index in [0.717, 1.165) is 5.56 Å². The first-order valence-corrected chi connectivity index (χ1v) is 7.58. The number of rotatable bonds is 6. The molecular weight excluding hydrogens is 288 g/mol. The molecule has 1 atom stereocenters. The van der Waals surface area contributed by atoms with Crippen LogP contribution in [0.5, 0.6) is 5.75 Å². The van der Waals surface area contributed by atoms with Gasteiger partial charge in [0.15, 0.2) is 6.61 Å². The molecule has 4 heteroatoms. The summed E-state index contributed by atoms with van der Waals surface area (Å²) in [7, 11) is 0. The lowest BCUT2D eigenvalue weighted by Gasteiger charge is -2.23. The Morgan fingerprint density at radius 3 is 2.43 bits per heavy atom. The Morgan fingerprint density at radius 1 is 1.13 bits per heavy atom. The van der Waals surface area contributed by atoms with Gasteiger partial charge in [-0.2, -0.15) is 5.26 Å². The molecule has 1 amide bonds. The molecule has 0 radical (unpaired) electrons. The summed E-state index contributed by atoms with van der Waals surface area (Å²) in [6.07, 6.45) is 0. The molecule has 0 saturated heterocycles. The van der Waals surface area contributed by atoms with Crippen molar-refractivity contribution < 1.29 is 9.53 Å². The quantitative estimate of drug-likeness (QED) is 0.889. The van der Waals surface area contributed by atoms with Crippen LogP contribution in [0.15, 0.2) is 54.6 Å². The predicted octanol–water partition coefficient (Wildman–Crippen LogP) is 3.45. The first-order valence-electron chi connectivity index (χ1n) is 7.58. The van der Waals surface area contributed by atoms with Crippen molar-refractivity contribution in [3.63, 3.8) is 0 Å². The Hall–Kier alpha value is -2.80. The van der Waals surface area contributed by atoms with Gasteiger partial charge in [-0.25, -0.2) is 0 Å². The molecule has 0 bridgehead atoms. The van der Waals surface area contributed by atoms with Gasteiger partial charge in [-0.1, -0.05) is 56.3 Å². The largest absolute Gasteiger partial charge is 0.482 e. The predicted molar refractivity (Wildman–Crippen MR) is 88.8 cm³/mol. The Kier molecular flexibility index (Phi) is 5.76. The van der Waals surface area contributed by atoms with E-state index in [9.17, 15) is 4.79 Å². The number of carbonyl (C=O) groups is 1. The molecule has 1 N–H and O–H groups in total. The van der Waals surface area contributed by atoms with E-state index < -0.39 is 0 Å². The number of hydrogen-bond donors (Lipinski definition) is 1. The SMILES string of the molecule is CC(C)C(NC(=O)COc1ccccc1C#N)c1ccccc1. The molecule has 0 saturated carbocycles. The summed E-state index contributed by atoms with van der Waals surface area (Å²) in [6.45, 7) is 4.00. The fraction of sp³-hybridized carbons (Fsp3) is 0.263. The van der Waals surface area contributed by atoms with Gasteiger partial charge in [0, 0.05) is 0 Å². The van der Waals surface area contributed by atoms with Crippen molar-refractivity contribution in [1.29, 1.82) is 5.26 Å². The molecule has 0 aliphatic heterocycles. The molecule has 2 aromatic carbocycles. The zero-order valence-corrected chi connectivity index (χ0v) is 13.3. The average Bonchev–Trinajstić information content (AvgIpc) is 2.58. The van der Waals surface area contributed by atoms with E-state index in [-0.39, 0.29) is 24.5 Å². The first-order chi connectivity index (χ1) is 11.1. The van der Waals surface area contributed by atoms with Crippen LogP contribution in [0, 0.1) is 17.2 Å². The van der Waals surface area contributed by atoms with E-state index in [1.54, 1.807) is 24.3 Å². The van der Waals surface area contributed by atoms with Crippen LogP contribution in [-0.2, 0) is 4.79 Å². The highest BCUT2D eigenvalue weighted by atomic mass is 16.5. The standard InChI is InChI=1S/C19H20N2O2/c1-14(2)19(15-8-4-3-5-9-15)21-18(22)13-23-17-11-7-6-10-16(17)12-20/h3-11,14,19H,13H2,1-2H3,(H,21,22). The maximum Gasteiger partial charge on any atom is 0.258 e. The van der Waals surface area contributed by atoms with Crippen molar-refractivity contribution >= 4 is 5.91 Å². The number of carbonyl (C=O) groups excluding carboxylic acids is 1. The van der Waals surface area contributed by atoms with Gasteiger partial charge in [0.25, 0.3) is 5.91 Å². The highest BCUT2D eigenvalue weighted by Crippen LogP contribution is 2.21. The molecule has 0 aliphatic carbocycles. The fourth-order valence-electron chi connectivity index (χ4n) is 2.34. The molecule has 2 rings (SSSR count). The summed E-state index contributed by atoms with van der Waals surface area (Å²) < 4.78 is 5.47. The number of nitriles is 1. The van der Waals surface area contributed by atoms with Crippen molar-refractivity contribution in [3.05, 3.63) is 65.7 Å². The van der Waals surface area contributed by atoms with Crippen molar-refractivity contribution in [2.24, 2.45) is 5.92 Å². The van der Waals surface area contributed by atoms with Gasteiger partial charge in [0.1, 0.15) is 11.8 Å². The summed E-state index contributed by atoms with van der Waals surface area (Å²) >= 11 is 0. The van der Waals surface area contributed by atoms with Crippen molar-refractivity contribution in [1.82, 2.24) is 5.32 Å². The van der Waals surface area contributed by atoms with E-state index in [2.05, 4.69) is 19.2 Å². The van der Waals surface area contributed by atoms with E-state index in [4.69, 9.17) is 10.00 Å².